The Bertz CT molecular complexity index is 743. The molecule has 0 fully saturated rings. The van der Waals surface area contributed by atoms with Gasteiger partial charge in [0.25, 0.3) is 0 Å². The van der Waals surface area contributed by atoms with Crippen LogP contribution in [0.1, 0.15) is 31.9 Å². The lowest BCUT2D eigenvalue weighted by molar-refractivity contribution is 0.0683. The number of para-hydroxylation sites is 1. The number of carbonyl (C=O) groups excluding carboxylic acids is 1. The summed E-state index contributed by atoms with van der Waals surface area (Å²) < 4.78 is 11.2. The van der Waals surface area contributed by atoms with Crippen molar-refractivity contribution in [2.24, 2.45) is 0 Å². The number of nitrogens with one attached hydrogen (secondary N) is 2. The van der Waals surface area contributed by atoms with Crippen molar-refractivity contribution in [3.63, 3.8) is 0 Å². The summed E-state index contributed by atoms with van der Waals surface area (Å²) in [6.07, 6.45) is 0.704. The lowest BCUT2D eigenvalue weighted by Gasteiger charge is -2.37. The zero-order valence-electron chi connectivity index (χ0n) is 14.1. The van der Waals surface area contributed by atoms with Crippen LogP contribution in [-0.4, -0.2) is 18.7 Å². The van der Waals surface area contributed by atoms with Crippen LogP contribution in [0.25, 0.3) is 0 Å². The number of hydrogen-bond acceptors (Lipinski definition) is 3. The number of fused-ring (bicyclic) bond motifs is 1. The first-order valence-corrected chi connectivity index (χ1v) is 7.96. The molecule has 5 heteroatoms. The maximum atomic E-state index is 12.4. The minimum atomic E-state index is -0.331. The second-order valence-corrected chi connectivity index (χ2v) is 6.49. The minimum absolute atomic E-state index is 0.101. The van der Waals surface area contributed by atoms with Crippen LogP contribution in [0, 0.1) is 0 Å². The minimum Gasteiger partial charge on any atom is -0.497 e. The molecule has 1 aliphatic heterocycles. The van der Waals surface area contributed by atoms with Crippen LogP contribution >= 0.6 is 0 Å². The molecule has 0 spiro atoms. The SMILES string of the molecule is COc1cccc(NC(=O)N[C@H]2CC(C)(C)Oc3ccccc32)c1. The molecule has 5 nitrogen and oxygen atoms in total. The molecule has 126 valence electrons. The van der Waals surface area contributed by atoms with Gasteiger partial charge in [-0.1, -0.05) is 24.3 Å². The van der Waals surface area contributed by atoms with Crippen molar-refractivity contribution < 1.29 is 14.3 Å². The Hall–Kier alpha value is -2.69. The highest BCUT2D eigenvalue weighted by atomic mass is 16.5. The summed E-state index contributed by atoms with van der Waals surface area (Å²) in [4.78, 5) is 12.4. The summed E-state index contributed by atoms with van der Waals surface area (Å²) in [6.45, 7) is 4.05. The summed E-state index contributed by atoms with van der Waals surface area (Å²) in [5.74, 6) is 1.52. The fraction of sp³-hybridized carbons (Fsp3) is 0.316. The maximum absolute atomic E-state index is 12.4. The number of ether oxygens (including phenoxy) is 2. The summed E-state index contributed by atoms with van der Waals surface area (Å²) in [7, 11) is 1.60. The molecular weight excluding hydrogens is 304 g/mol. The van der Waals surface area contributed by atoms with E-state index in [2.05, 4.69) is 10.6 Å². The van der Waals surface area contributed by atoms with E-state index in [1.54, 1.807) is 13.2 Å². The average molecular weight is 326 g/mol. The number of amides is 2. The van der Waals surface area contributed by atoms with Crippen molar-refractivity contribution >= 4 is 11.7 Å². The molecule has 24 heavy (non-hydrogen) atoms. The highest BCUT2D eigenvalue weighted by Crippen LogP contribution is 2.39. The van der Waals surface area contributed by atoms with E-state index in [-0.39, 0.29) is 17.7 Å². The molecule has 0 aliphatic carbocycles. The van der Waals surface area contributed by atoms with E-state index in [0.717, 1.165) is 11.3 Å². The van der Waals surface area contributed by atoms with Crippen LogP contribution < -0.4 is 20.1 Å². The summed E-state index contributed by atoms with van der Waals surface area (Å²) in [5.41, 5.74) is 1.35. The molecule has 0 aromatic heterocycles. The summed E-state index contributed by atoms with van der Waals surface area (Å²) in [5, 5.41) is 5.90. The Morgan fingerprint density at radius 3 is 2.79 bits per heavy atom. The molecule has 2 aromatic carbocycles. The molecular formula is C19H22N2O3. The van der Waals surface area contributed by atoms with Crippen molar-refractivity contribution in [2.45, 2.75) is 31.9 Å². The van der Waals surface area contributed by atoms with Gasteiger partial charge in [-0.2, -0.15) is 0 Å². The molecule has 1 atom stereocenters. The van der Waals surface area contributed by atoms with Crippen LogP contribution in [-0.2, 0) is 0 Å². The first-order chi connectivity index (χ1) is 11.5. The number of benzene rings is 2. The van der Waals surface area contributed by atoms with Crippen molar-refractivity contribution in [3.05, 3.63) is 54.1 Å². The second-order valence-electron chi connectivity index (χ2n) is 6.49. The Morgan fingerprint density at radius 2 is 2.00 bits per heavy atom. The zero-order valence-corrected chi connectivity index (χ0v) is 14.1. The molecule has 0 unspecified atom stereocenters. The lowest BCUT2D eigenvalue weighted by Crippen LogP contribution is -2.42. The van der Waals surface area contributed by atoms with E-state index < -0.39 is 0 Å². The third kappa shape index (κ3) is 3.62. The van der Waals surface area contributed by atoms with Crippen LogP contribution in [0.5, 0.6) is 11.5 Å². The number of urea groups is 1. The Labute approximate surface area is 142 Å². The van der Waals surface area contributed by atoms with Gasteiger partial charge in [-0.25, -0.2) is 4.79 Å². The quantitative estimate of drug-likeness (QED) is 0.892. The normalized spacial score (nSPS) is 18.0. The first kappa shape index (κ1) is 16.2. The van der Waals surface area contributed by atoms with E-state index in [1.165, 1.54) is 0 Å². The summed E-state index contributed by atoms with van der Waals surface area (Å²) in [6, 6.07) is 14.7. The fourth-order valence-electron chi connectivity index (χ4n) is 2.96. The molecule has 1 heterocycles. The predicted octanol–water partition coefficient (Wildman–Crippen LogP) is 4.12. The van der Waals surface area contributed by atoms with Gasteiger partial charge in [-0.3, -0.25) is 0 Å². The number of hydrogen-bond donors (Lipinski definition) is 2. The molecule has 3 rings (SSSR count). The van der Waals surface area contributed by atoms with Gasteiger partial charge >= 0.3 is 6.03 Å². The topological polar surface area (TPSA) is 59.6 Å². The van der Waals surface area contributed by atoms with Gasteiger partial charge in [-0.15, -0.1) is 0 Å². The highest BCUT2D eigenvalue weighted by Gasteiger charge is 2.34. The standard InChI is InChI=1S/C19H22N2O3/c1-19(2)12-16(15-9-4-5-10-17(15)24-19)21-18(22)20-13-7-6-8-14(11-13)23-3/h4-11,16H,12H2,1-3H3,(H2,20,21,22)/t16-/m0/s1. The van der Waals surface area contributed by atoms with E-state index in [1.807, 2.05) is 56.3 Å². The first-order valence-electron chi connectivity index (χ1n) is 7.96. The third-order valence-electron chi connectivity index (χ3n) is 4.01. The van der Waals surface area contributed by atoms with Gasteiger partial charge in [0.2, 0.25) is 0 Å². The highest BCUT2D eigenvalue weighted by molar-refractivity contribution is 5.89. The van der Waals surface area contributed by atoms with Crippen LogP contribution in [0.4, 0.5) is 10.5 Å². The summed E-state index contributed by atoms with van der Waals surface area (Å²) >= 11 is 0. The Balaban J connectivity index is 1.74. The van der Waals surface area contributed by atoms with E-state index in [9.17, 15) is 4.79 Å². The second kappa shape index (κ2) is 6.43. The van der Waals surface area contributed by atoms with Gasteiger partial charge in [0.15, 0.2) is 0 Å². The molecule has 2 amide bonds. The lowest BCUT2D eigenvalue weighted by atomic mass is 9.90. The molecule has 1 aliphatic rings. The van der Waals surface area contributed by atoms with Crippen LogP contribution in [0.3, 0.4) is 0 Å². The predicted molar refractivity (Wildman–Crippen MR) is 93.7 cm³/mol. The van der Waals surface area contributed by atoms with Gasteiger partial charge in [0.05, 0.1) is 13.2 Å². The number of rotatable bonds is 3. The van der Waals surface area contributed by atoms with Crippen LogP contribution in [0.15, 0.2) is 48.5 Å². The largest absolute Gasteiger partial charge is 0.497 e. The Morgan fingerprint density at radius 1 is 1.21 bits per heavy atom. The van der Waals surface area contributed by atoms with Gasteiger partial charge in [-0.05, 0) is 32.0 Å². The zero-order chi connectivity index (χ0) is 17.2. The molecule has 2 aromatic rings. The van der Waals surface area contributed by atoms with E-state index in [4.69, 9.17) is 9.47 Å². The van der Waals surface area contributed by atoms with Gasteiger partial charge < -0.3 is 20.1 Å². The van der Waals surface area contributed by atoms with E-state index in [0.29, 0.717) is 17.9 Å². The number of carbonyl (C=O) groups is 1. The molecule has 0 radical (unpaired) electrons. The molecule has 2 N–H and O–H groups in total. The third-order valence-corrected chi connectivity index (χ3v) is 4.01. The average Bonchev–Trinajstić information content (AvgIpc) is 2.54. The van der Waals surface area contributed by atoms with Gasteiger partial charge in [0, 0.05) is 23.7 Å². The smallest absolute Gasteiger partial charge is 0.319 e. The molecule has 0 bridgehead atoms. The number of methoxy groups -OCH3 is 1. The fourth-order valence-corrected chi connectivity index (χ4v) is 2.96. The monoisotopic (exact) mass is 326 g/mol. The van der Waals surface area contributed by atoms with Crippen molar-refractivity contribution in [2.75, 3.05) is 12.4 Å². The van der Waals surface area contributed by atoms with E-state index >= 15 is 0 Å². The Kier molecular flexibility index (Phi) is 4.34. The molecule has 0 saturated heterocycles. The number of anilines is 1. The van der Waals surface area contributed by atoms with Crippen molar-refractivity contribution in [3.8, 4) is 11.5 Å². The van der Waals surface area contributed by atoms with Crippen molar-refractivity contribution in [1.82, 2.24) is 5.32 Å². The van der Waals surface area contributed by atoms with Crippen LogP contribution in [0.2, 0.25) is 0 Å². The van der Waals surface area contributed by atoms with Gasteiger partial charge in [0.1, 0.15) is 17.1 Å². The van der Waals surface area contributed by atoms with Crippen molar-refractivity contribution in [1.29, 1.82) is 0 Å². The maximum Gasteiger partial charge on any atom is 0.319 e. The molecule has 0 saturated carbocycles.